The lowest BCUT2D eigenvalue weighted by Gasteiger charge is -2.24. The first-order chi connectivity index (χ1) is 9.79. The number of aromatic amines is 1. The van der Waals surface area contributed by atoms with Crippen LogP contribution in [-0.2, 0) is 16.8 Å². The van der Waals surface area contributed by atoms with Crippen molar-refractivity contribution in [2.75, 3.05) is 27.2 Å². The Labute approximate surface area is 126 Å². The summed E-state index contributed by atoms with van der Waals surface area (Å²) >= 11 is 0. The SMILES string of the molecule is CC(C)[C@@H]1CN(Cc2cnc[nH]2)C[C@H]1NS(=O)(=O)N(C)C. The predicted molar refractivity (Wildman–Crippen MR) is 81.7 cm³/mol. The van der Waals surface area contributed by atoms with Gasteiger partial charge in [0, 0.05) is 51.7 Å². The van der Waals surface area contributed by atoms with Crippen molar-refractivity contribution in [1.29, 1.82) is 0 Å². The fourth-order valence-electron chi connectivity index (χ4n) is 2.75. The van der Waals surface area contributed by atoms with Gasteiger partial charge in [-0.1, -0.05) is 13.8 Å². The molecule has 7 nitrogen and oxygen atoms in total. The second-order valence-electron chi connectivity index (χ2n) is 6.19. The molecule has 0 radical (unpaired) electrons. The van der Waals surface area contributed by atoms with Crippen LogP contribution in [0.15, 0.2) is 12.5 Å². The van der Waals surface area contributed by atoms with Crippen LogP contribution in [0.1, 0.15) is 19.5 Å². The molecule has 0 unspecified atom stereocenters. The Morgan fingerprint density at radius 3 is 2.71 bits per heavy atom. The minimum absolute atomic E-state index is 0.0553. The number of imidazole rings is 1. The summed E-state index contributed by atoms with van der Waals surface area (Å²) in [4.78, 5) is 9.37. The number of hydrogen-bond acceptors (Lipinski definition) is 4. The van der Waals surface area contributed by atoms with Gasteiger partial charge in [0.05, 0.1) is 6.33 Å². The molecule has 1 aliphatic rings. The van der Waals surface area contributed by atoms with Crippen molar-refractivity contribution in [2.45, 2.75) is 26.4 Å². The van der Waals surface area contributed by atoms with Crippen LogP contribution in [-0.4, -0.2) is 60.8 Å². The minimum atomic E-state index is -3.40. The molecule has 21 heavy (non-hydrogen) atoms. The summed E-state index contributed by atoms with van der Waals surface area (Å²) in [5.41, 5.74) is 1.05. The molecular weight excluding hydrogens is 290 g/mol. The van der Waals surface area contributed by atoms with Crippen LogP contribution in [0.4, 0.5) is 0 Å². The third-order valence-corrected chi connectivity index (χ3v) is 5.59. The molecule has 1 fully saturated rings. The minimum Gasteiger partial charge on any atom is -0.347 e. The maximum absolute atomic E-state index is 12.1. The Morgan fingerprint density at radius 2 is 2.19 bits per heavy atom. The molecule has 0 aliphatic carbocycles. The topological polar surface area (TPSA) is 81.3 Å². The predicted octanol–water partition coefficient (Wildman–Crippen LogP) is 0.262. The number of nitrogens with zero attached hydrogens (tertiary/aromatic N) is 3. The van der Waals surface area contributed by atoms with Gasteiger partial charge in [-0.05, 0) is 11.8 Å². The summed E-state index contributed by atoms with van der Waals surface area (Å²) < 4.78 is 28.2. The molecule has 0 bridgehead atoms. The maximum Gasteiger partial charge on any atom is 0.279 e. The van der Waals surface area contributed by atoms with Crippen LogP contribution in [0.25, 0.3) is 0 Å². The van der Waals surface area contributed by atoms with E-state index in [0.717, 1.165) is 25.3 Å². The van der Waals surface area contributed by atoms with Gasteiger partial charge in [-0.3, -0.25) is 4.90 Å². The van der Waals surface area contributed by atoms with Gasteiger partial charge in [0.2, 0.25) is 0 Å². The summed E-state index contributed by atoms with van der Waals surface area (Å²) in [5, 5.41) is 0. The largest absolute Gasteiger partial charge is 0.347 e. The normalized spacial score (nSPS) is 24.3. The number of hydrogen-bond donors (Lipinski definition) is 2. The molecule has 2 heterocycles. The molecule has 2 rings (SSSR count). The highest BCUT2D eigenvalue weighted by molar-refractivity contribution is 7.87. The monoisotopic (exact) mass is 315 g/mol. The van der Waals surface area contributed by atoms with Crippen molar-refractivity contribution in [3.05, 3.63) is 18.2 Å². The van der Waals surface area contributed by atoms with Crippen molar-refractivity contribution in [2.24, 2.45) is 11.8 Å². The first-order valence-electron chi connectivity index (χ1n) is 7.19. The summed E-state index contributed by atoms with van der Waals surface area (Å²) in [5.74, 6) is 0.731. The van der Waals surface area contributed by atoms with Gasteiger partial charge in [0.15, 0.2) is 0 Å². The van der Waals surface area contributed by atoms with E-state index in [-0.39, 0.29) is 6.04 Å². The number of nitrogens with one attached hydrogen (secondary N) is 2. The molecule has 1 aromatic heterocycles. The maximum atomic E-state index is 12.1. The highest BCUT2D eigenvalue weighted by atomic mass is 32.2. The highest BCUT2D eigenvalue weighted by Gasteiger charge is 2.37. The number of aromatic nitrogens is 2. The Morgan fingerprint density at radius 1 is 1.48 bits per heavy atom. The van der Waals surface area contributed by atoms with E-state index in [1.807, 2.05) is 6.20 Å². The lowest BCUT2D eigenvalue weighted by atomic mass is 9.92. The highest BCUT2D eigenvalue weighted by Crippen LogP contribution is 2.26. The third kappa shape index (κ3) is 4.03. The zero-order valence-corrected chi connectivity index (χ0v) is 13.9. The molecule has 2 N–H and O–H groups in total. The van der Waals surface area contributed by atoms with Crippen LogP contribution in [0.5, 0.6) is 0 Å². The van der Waals surface area contributed by atoms with E-state index in [4.69, 9.17) is 0 Å². The Hall–Kier alpha value is -0.960. The van der Waals surface area contributed by atoms with Gasteiger partial charge in [-0.25, -0.2) is 4.98 Å². The number of H-pyrrole nitrogens is 1. The second kappa shape index (κ2) is 6.43. The van der Waals surface area contributed by atoms with Crippen LogP contribution >= 0.6 is 0 Å². The average Bonchev–Trinajstić information content (AvgIpc) is 2.99. The zero-order valence-electron chi connectivity index (χ0n) is 13.1. The Kier molecular flexibility index (Phi) is 5.03. The van der Waals surface area contributed by atoms with Gasteiger partial charge in [-0.2, -0.15) is 17.4 Å². The quantitative estimate of drug-likeness (QED) is 0.789. The molecule has 2 atom stereocenters. The lowest BCUT2D eigenvalue weighted by molar-refractivity contribution is 0.293. The van der Waals surface area contributed by atoms with Crippen molar-refractivity contribution in [1.82, 2.24) is 23.9 Å². The van der Waals surface area contributed by atoms with Crippen molar-refractivity contribution in [3.63, 3.8) is 0 Å². The van der Waals surface area contributed by atoms with Crippen LogP contribution in [0.3, 0.4) is 0 Å². The summed E-state index contributed by atoms with van der Waals surface area (Å²) in [6, 6.07) is -0.0553. The molecule has 120 valence electrons. The van der Waals surface area contributed by atoms with Crippen molar-refractivity contribution < 1.29 is 8.42 Å². The van der Waals surface area contributed by atoms with E-state index >= 15 is 0 Å². The van der Waals surface area contributed by atoms with E-state index in [9.17, 15) is 8.42 Å². The summed E-state index contributed by atoms with van der Waals surface area (Å²) in [6.07, 6.45) is 3.47. The van der Waals surface area contributed by atoms with E-state index in [1.165, 1.54) is 4.31 Å². The first-order valence-corrected chi connectivity index (χ1v) is 8.63. The molecule has 1 aromatic rings. The molecule has 1 saturated heterocycles. The van der Waals surface area contributed by atoms with Gasteiger partial charge in [-0.15, -0.1) is 0 Å². The van der Waals surface area contributed by atoms with Crippen molar-refractivity contribution in [3.8, 4) is 0 Å². The van der Waals surface area contributed by atoms with Crippen LogP contribution < -0.4 is 4.72 Å². The van der Waals surface area contributed by atoms with Gasteiger partial charge < -0.3 is 4.98 Å². The molecular formula is C13H25N5O2S. The second-order valence-corrected chi connectivity index (χ2v) is 8.11. The fourth-order valence-corrected chi connectivity index (χ4v) is 3.59. The number of likely N-dealkylation sites (tertiary alicyclic amines) is 1. The zero-order chi connectivity index (χ0) is 15.6. The molecule has 0 aromatic carbocycles. The Balaban J connectivity index is 2.05. The van der Waals surface area contributed by atoms with Gasteiger partial charge >= 0.3 is 0 Å². The van der Waals surface area contributed by atoms with E-state index < -0.39 is 10.2 Å². The van der Waals surface area contributed by atoms with Crippen LogP contribution in [0.2, 0.25) is 0 Å². The summed E-state index contributed by atoms with van der Waals surface area (Å²) in [6.45, 7) is 6.65. The molecule has 0 saturated carbocycles. The smallest absolute Gasteiger partial charge is 0.279 e. The number of rotatable bonds is 6. The first kappa shape index (κ1) is 16.4. The molecule has 8 heteroatoms. The lowest BCUT2D eigenvalue weighted by Crippen LogP contribution is -2.46. The van der Waals surface area contributed by atoms with Gasteiger partial charge in [0.25, 0.3) is 10.2 Å². The van der Waals surface area contributed by atoms with E-state index in [2.05, 4.69) is 33.4 Å². The Bertz CT molecular complexity index is 541. The van der Waals surface area contributed by atoms with E-state index in [0.29, 0.717) is 11.8 Å². The fraction of sp³-hybridized carbons (Fsp3) is 0.769. The third-order valence-electron chi connectivity index (χ3n) is 4.03. The standard InChI is InChI=1S/C13H25N5O2S/c1-10(2)12-7-18(6-11-5-14-9-15-11)8-13(12)16-21(19,20)17(3)4/h5,9-10,12-13,16H,6-8H2,1-4H3,(H,14,15)/t12-,13+/m0/s1. The molecule has 1 aliphatic heterocycles. The summed E-state index contributed by atoms with van der Waals surface area (Å²) in [7, 11) is -0.306. The average molecular weight is 315 g/mol. The molecule has 0 spiro atoms. The van der Waals surface area contributed by atoms with Crippen molar-refractivity contribution >= 4 is 10.2 Å². The van der Waals surface area contributed by atoms with Gasteiger partial charge in [0.1, 0.15) is 0 Å². The van der Waals surface area contributed by atoms with Crippen LogP contribution in [0, 0.1) is 11.8 Å². The van der Waals surface area contributed by atoms with E-state index in [1.54, 1.807) is 20.4 Å². The molecule has 0 amide bonds.